The molecule has 12 nitrogen and oxygen atoms in total. The van der Waals surface area contributed by atoms with E-state index in [0.29, 0.717) is 22.6 Å². The maximum atomic E-state index is 11.7. The first-order valence-corrected chi connectivity index (χ1v) is 8.98. The Kier molecular flexibility index (Phi) is 6.44. The molecule has 0 aliphatic rings. The smallest absolute Gasteiger partial charge is 0.395 e. The second kappa shape index (κ2) is 9.38. The highest BCUT2D eigenvalue weighted by Crippen LogP contribution is 2.30. The van der Waals surface area contributed by atoms with Crippen LogP contribution in [0.2, 0.25) is 0 Å². The molecule has 3 rings (SSSR count). The van der Waals surface area contributed by atoms with Crippen LogP contribution in [0.5, 0.6) is 17.4 Å². The first-order chi connectivity index (χ1) is 15.3. The zero-order valence-electron chi connectivity index (χ0n) is 16.5. The van der Waals surface area contributed by atoms with E-state index in [0.717, 1.165) is 0 Å². The molecule has 2 N–H and O–H groups in total. The molecule has 1 heterocycles. The predicted octanol–water partition coefficient (Wildman–Crippen LogP) is 3.05. The molecule has 0 unspecified atom stereocenters. The largest absolute Gasteiger partial charge is 0.493 e. The van der Waals surface area contributed by atoms with Crippen LogP contribution >= 0.6 is 0 Å². The molecule has 0 atom stereocenters. The molecule has 164 valence electrons. The Labute approximate surface area is 179 Å². The number of nitrogens with one attached hydrogen (secondary N) is 1. The van der Waals surface area contributed by atoms with Crippen molar-refractivity contribution >= 4 is 23.5 Å². The zero-order chi connectivity index (χ0) is 23.3. The van der Waals surface area contributed by atoms with Gasteiger partial charge in [0, 0.05) is 12.1 Å². The van der Waals surface area contributed by atoms with E-state index in [1.165, 1.54) is 31.4 Å². The van der Waals surface area contributed by atoms with Gasteiger partial charge in [0.05, 0.1) is 17.0 Å². The zero-order valence-corrected chi connectivity index (χ0v) is 16.5. The van der Waals surface area contributed by atoms with E-state index in [-0.39, 0.29) is 18.1 Å². The van der Waals surface area contributed by atoms with Gasteiger partial charge in [-0.3, -0.25) is 25.0 Å². The van der Waals surface area contributed by atoms with Gasteiger partial charge in [0.15, 0.2) is 11.5 Å². The number of aromatic hydroxyl groups is 1. The van der Waals surface area contributed by atoms with Crippen LogP contribution in [0.3, 0.4) is 0 Å². The van der Waals surface area contributed by atoms with Crippen molar-refractivity contribution in [3.8, 4) is 17.4 Å². The molecule has 32 heavy (non-hydrogen) atoms. The van der Waals surface area contributed by atoms with Crippen LogP contribution in [-0.4, -0.2) is 32.0 Å². The van der Waals surface area contributed by atoms with Gasteiger partial charge < -0.3 is 19.6 Å². The third-order valence-electron chi connectivity index (χ3n) is 4.21. The maximum Gasteiger partial charge on any atom is 0.395 e. The fourth-order valence-corrected chi connectivity index (χ4v) is 2.72. The lowest BCUT2D eigenvalue weighted by molar-refractivity contribution is -0.387. The number of methoxy groups -OCH3 is 1. The van der Waals surface area contributed by atoms with Crippen molar-refractivity contribution in [1.82, 2.24) is 9.97 Å². The van der Waals surface area contributed by atoms with E-state index in [2.05, 4.69) is 9.97 Å². The number of hydrogen-bond acceptors (Lipinski definition) is 9. The number of aromatic amines is 1. The Morgan fingerprint density at radius 2 is 1.88 bits per heavy atom. The van der Waals surface area contributed by atoms with E-state index in [9.17, 15) is 30.1 Å². The first-order valence-electron chi connectivity index (χ1n) is 8.98. The number of hydrogen-bond donors (Lipinski definition) is 2. The van der Waals surface area contributed by atoms with Crippen LogP contribution in [-0.2, 0) is 6.61 Å². The van der Waals surface area contributed by atoms with Crippen molar-refractivity contribution in [2.24, 2.45) is 0 Å². The molecule has 0 bridgehead atoms. The fraction of sp³-hybridized carbons (Fsp3) is 0.100. The number of benzene rings is 2. The highest BCUT2D eigenvalue weighted by molar-refractivity contribution is 5.68. The van der Waals surface area contributed by atoms with Gasteiger partial charge in [0.25, 0.3) is 11.6 Å². The van der Waals surface area contributed by atoms with Crippen molar-refractivity contribution in [2.75, 3.05) is 7.11 Å². The lowest BCUT2D eigenvalue weighted by Crippen LogP contribution is -2.14. The Hall–Kier alpha value is -4.74. The average molecular weight is 440 g/mol. The predicted molar refractivity (Wildman–Crippen MR) is 113 cm³/mol. The average Bonchev–Trinajstić information content (AvgIpc) is 2.76. The highest BCUT2D eigenvalue weighted by Gasteiger charge is 2.21. The summed E-state index contributed by atoms with van der Waals surface area (Å²) < 4.78 is 11.0. The standard InChI is InChI=1S/C20H16N4O8/c1-31-16-10-12(6-8-17-21-19(25)18(24(29)30)20(26)22-17)5-7-15(16)32-11-13-3-2-4-14(9-13)23(27)28/h2-10H,11H2,1H3,(H2,21,22,25,26)/b8-6-. The van der Waals surface area contributed by atoms with Crippen LogP contribution in [0, 0.1) is 20.2 Å². The third-order valence-corrected chi connectivity index (χ3v) is 4.21. The Bertz CT molecular complexity index is 1270. The molecule has 0 aliphatic heterocycles. The lowest BCUT2D eigenvalue weighted by atomic mass is 10.2. The number of H-pyrrole nitrogens is 1. The molecule has 0 radical (unpaired) electrons. The molecule has 0 fully saturated rings. The fourth-order valence-electron chi connectivity index (χ4n) is 2.72. The second-order valence-electron chi connectivity index (χ2n) is 6.34. The third kappa shape index (κ3) is 5.05. The summed E-state index contributed by atoms with van der Waals surface area (Å²) in [5, 5.41) is 31.2. The van der Waals surface area contributed by atoms with Crippen molar-refractivity contribution in [3.05, 3.63) is 90.0 Å². The Balaban J connectivity index is 1.77. The quantitative estimate of drug-likeness (QED) is 0.394. The summed E-state index contributed by atoms with van der Waals surface area (Å²) in [4.78, 5) is 37.6. The maximum absolute atomic E-state index is 11.7. The SMILES string of the molecule is COc1cc(/C=C\c2nc(O)c([N+](=O)[O-])c(=O)[nH]2)ccc1OCc1cccc([N+](=O)[O-])c1. The van der Waals surface area contributed by atoms with Crippen LogP contribution < -0.4 is 15.0 Å². The summed E-state index contributed by atoms with van der Waals surface area (Å²) in [6, 6.07) is 11.0. The Morgan fingerprint density at radius 3 is 2.53 bits per heavy atom. The van der Waals surface area contributed by atoms with Gasteiger partial charge in [-0.15, -0.1) is 0 Å². The number of nitro benzene ring substituents is 1. The van der Waals surface area contributed by atoms with Gasteiger partial charge in [-0.1, -0.05) is 24.3 Å². The molecule has 0 amide bonds. The summed E-state index contributed by atoms with van der Waals surface area (Å²) in [6.07, 6.45) is 2.89. The van der Waals surface area contributed by atoms with Gasteiger partial charge >= 0.3 is 11.2 Å². The van der Waals surface area contributed by atoms with Crippen LogP contribution in [0.4, 0.5) is 11.4 Å². The van der Waals surface area contributed by atoms with E-state index in [1.807, 2.05) is 0 Å². The van der Waals surface area contributed by atoms with Crippen LogP contribution in [0.1, 0.15) is 17.0 Å². The second-order valence-corrected chi connectivity index (χ2v) is 6.34. The molecule has 0 saturated carbocycles. The van der Waals surface area contributed by atoms with E-state index in [4.69, 9.17) is 9.47 Å². The number of aromatic nitrogens is 2. The topological polar surface area (TPSA) is 171 Å². The minimum Gasteiger partial charge on any atom is -0.493 e. The minimum absolute atomic E-state index is 0.0394. The van der Waals surface area contributed by atoms with Gasteiger partial charge in [-0.25, -0.2) is 0 Å². The van der Waals surface area contributed by atoms with Crippen LogP contribution in [0.15, 0.2) is 47.3 Å². The Morgan fingerprint density at radius 1 is 1.09 bits per heavy atom. The molecule has 0 spiro atoms. The molecular weight excluding hydrogens is 424 g/mol. The highest BCUT2D eigenvalue weighted by atomic mass is 16.6. The molecule has 2 aromatic carbocycles. The molecule has 1 aromatic heterocycles. The van der Waals surface area contributed by atoms with Gasteiger partial charge in [0.2, 0.25) is 0 Å². The van der Waals surface area contributed by atoms with Gasteiger partial charge in [0.1, 0.15) is 12.4 Å². The molecule has 0 aliphatic carbocycles. The normalized spacial score (nSPS) is 10.8. The van der Waals surface area contributed by atoms with Crippen molar-refractivity contribution in [1.29, 1.82) is 0 Å². The summed E-state index contributed by atoms with van der Waals surface area (Å²) in [6.45, 7) is 0.0838. The van der Waals surface area contributed by atoms with Crippen molar-refractivity contribution in [2.45, 2.75) is 6.61 Å². The van der Waals surface area contributed by atoms with E-state index in [1.54, 1.807) is 30.3 Å². The molecule has 0 saturated heterocycles. The molecular formula is C20H16N4O8. The molecule has 12 heteroatoms. The molecule has 3 aromatic rings. The van der Waals surface area contributed by atoms with E-state index < -0.39 is 27.0 Å². The van der Waals surface area contributed by atoms with Gasteiger partial charge in [-0.2, -0.15) is 4.98 Å². The summed E-state index contributed by atoms with van der Waals surface area (Å²) in [7, 11) is 1.44. The number of nitrogens with zero attached hydrogens (tertiary/aromatic N) is 3. The lowest BCUT2D eigenvalue weighted by Gasteiger charge is -2.11. The number of ether oxygens (including phenoxy) is 2. The first kappa shape index (κ1) is 22.0. The minimum atomic E-state index is -1.08. The monoisotopic (exact) mass is 440 g/mol. The van der Waals surface area contributed by atoms with E-state index >= 15 is 0 Å². The summed E-state index contributed by atoms with van der Waals surface area (Å²) in [5.41, 5.74) is -0.926. The van der Waals surface area contributed by atoms with Gasteiger partial charge in [-0.05, 0) is 29.3 Å². The van der Waals surface area contributed by atoms with Crippen LogP contribution in [0.25, 0.3) is 12.2 Å². The number of non-ortho nitro benzene ring substituents is 1. The number of rotatable bonds is 8. The summed E-state index contributed by atoms with van der Waals surface area (Å²) in [5.74, 6) is -0.287. The number of nitro groups is 2. The van der Waals surface area contributed by atoms with Crippen molar-refractivity contribution in [3.63, 3.8) is 0 Å². The summed E-state index contributed by atoms with van der Waals surface area (Å²) >= 11 is 0. The van der Waals surface area contributed by atoms with Crippen molar-refractivity contribution < 1.29 is 24.4 Å².